The first-order valence-electron chi connectivity index (χ1n) is 10.9. The maximum absolute atomic E-state index is 2.29. The van der Waals surface area contributed by atoms with Crippen LogP contribution in [0.15, 0.2) is 84.9 Å². The summed E-state index contributed by atoms with van der Waals surface area (Å²) in [5.74, 6) is 0. The Labute approximate surface area is 181 Å². The van der Waals surface area contributed by atoms with Gasteiger partial charge in [-0.3, -0.25) is 0 Å². The van der Waals surface area contributed by atoms with Gasteiger partial charge in [0.25, 0.3) is 0 Å². The van der Waals surface area contributed by atoms with Gasteiger partial charge in [-0.1, -0.05) is 126 Å². The van der Waals surface area contributed by atoms with E-state index in [4.69, 9.17) is 0 Å². The zero-order valence-electron chi connectivity index (χ0n) is 19.1. The molecule has 0 fully saturated rings. The highest BCUT2D eigenvalue weighted by atomic mass is 14.2. The summed E-state index contributed by atoms with van der Waals surface area (Å²) in [7, 11) is 0. The second kappa shape index (κ2) is 7.43. The van der Waals surface area contributed by atoms with Gasteiger partial charge in [-0.25, -0.2) is 0 Å². The molecule has 0 aromatic heterocycles. The molecule has 4 aromatic carbocycles. The van der Waals surface area contributed by atoms with Gasteiger partial charge in [0, 0.05) is 0 Å². The molecule has 0 radical (unpaired) electrons. The molecule has 0 amide bonds. The van der Waals surface area contributed by atoms with Crippen molar-refractivity contribution >= 4 is 10.8 Å². The highest BCUT2D eigenvalue weighted by Gasteiger charge is 2.17. The fourth-order valence-electron chi connectivity index (χ4n) is 4.11. The Hall–Kier alpha value is -2.86. The molecule has 4 aromatic rings. The number of hydrogen-bond donors (Lipinski definition) is 0. The average molecular weight is 393 g/mol. The molecule has 0 unspecified atom stereocenters. The highest BCUT2D eigenvalue weighted by Crippen LogP contribution is 2.39. The van der Waals surface area contributed by atoms with Gasteiger partial charge in [-0.05, 0) is 55.0 Å². The molecule has 0 saturated heterocycles. The predicted molar refractivity (Wildman–Crippen MR) is 132 cm³/mol. The van der Waals surface area contributed by atoms with E-state index >= 15 is 0 Å². The van der Waals surface area contributed by atoms with E-state index in [0.717, 1.165) is 0 Å². The summed E-state index contributed by atoms with van der Waals surface area (Å²) in [6.45, 7) is 13.6. The van der Waals surface area contributed by atoms with Crippen LogP contribution in [0.5, 0.6) is 0 Å². The van der Waals surface area contributed by atoms with Crippen LogP contribution in [0.4, 0.5) is 0 Å². The lowest BCUT2D eigenvalue weighted by Gasteiger charge is -2.21. The van der Waals surface area contributed by atoms with Crippen LogP contribution in [0.1, 0.15) is 52.7 Å². The summed E-state index contributed by atoms with van der Waals surface area (Å²) >= 11 is 0. The van der Waals surface area contributed by atoms with Crippen LogP contribution in [0.25, 0.3) is 33.0 Å². The second-order valence-electron chi connectivity index (χ2n) is 10.4. The molecule has 0 atom stereocenters. The van der Waals surface area contributed by atoms with Crippen LogP contribution in [0.3, 0.4) is 0 Å². The number of rotatable bonds is 2. The van der Waals surface area contributed by atoms with Crippen molar-refractivity contribution in [1.82, 2.24) is 0 Å². The molecule has 0 nitrogen and oxygen atoms in total. The molecule has 30 heavy (non-hydrogen) atoms. The third kappa shape index (κ3) is 3.92. The van der Waals surface area contributed by atoms with Gasteiger partial charge in [0.15, 0.2) is 0 Å². The molecule has 0 spiro atoms. The molecule has 0 saturated carbocycles. The normalized spacial score (nSPS) is 12.3. The minimum atomic E-state index is 0.156. The van der Waals surface area contributed by atoms with Crippen molar-refractivity contribution in [3.8, 4) is 22.3 Å². The van der Waals surface area contributed by atoms with Crippen molar-refractivity contribution in [2.24, 2.45) is 0 Å². The van der Waals surface area contributed by atoms with E-state index in [1.807, 2.05) is 0 Å². The van der Waals surface area contributed by atoms with Crippen molar-refractivity contribution in [2.75, 3.05) is 0 Å². The first kappa shape index (κ1) is 20.4. The lowest BCUT2D eigenvalue weighted by molar-refractivity contribution is 0.590. The van der Waals surface area contributed by atoms with Crippen LogP contribution < -0.4 is 0 Å². The topological polar surface area (TPSA) is 0 Å². The number of benzene rings is 4. The van der Waals surface area contributed by atoms with Crippen molar-refractivity contribution in [2.45, 2.75) is 52.4 Å². The maximum atomic E-state index is 2.29. The van der Waals surface area contributed by atoms with Gasteiger partial charge >= 0.3 is 0 Å². The van der Waals surface area contributed by atoms with Crippen molar-refractivity contribution in [1.29, 1.82) is 0 Å². The summed E-state index contributed by atoms with van der Waals surface area (Å²) in [6, 6.07) is 31.5. The molecule has 0 aliphatic carbocycles. The minimum absolute atomic E-state index is 0.156. The zero-order valence-corrected chi connectivity index (χ0v) is 19.1. The van der Waals surface area contributed by atoms with Crippen molar-refractivity contribution in [3.05, 3.63) is 96.1 Å². The van der Waals surface area contributed by atoms with E-state index in [1.54, 1.807) is 0 Å². The molecule has 4 rings (SSSR count). The van der Waals surface area contributed by atoms with Gasteiger partial charge < -0.3 is 0 Å². The fraction of sp³-hybridized carbons (Fsp3) is 0.267. The van der Waals surface area contributed by atoms with E-state index in [0.29, 0.717) is 0 Å². The molecule has 0 bridgehead atoms. The third-order valence-corrected chi connectivity index (χ3v) is 6.03. The van der Waals surface area contributed by atoms with Gasteiger partial charge in [0.2, 0.25) is 0 Å². The number of fused-ring (bicyclic) bond motifs is 1. The van der Waals surface area contributed by atoms with Crippen LogP contribution in [0.2, 0.25) is 0 Å². The summed E-state index contributed by atoms with van der Waals surface area (Å²) in [5.41, 5.74) is 8.19. The Morgan fingerprint density at radius 2 is 0.967 bits per heavy atom. The Morgan fingerprint density at radius 3 is 1.50 bits per heavy atom. The van der Waals surface area contributed by atoms with E-state index in [-0.39, 0.29) is 10.8 Å². The van der Waals surface area contributed by atoms with Gasteiger partial charge in [-0.2, -0.15) is 0 Å². The average Bonchev–Trinajstić information content (AvgIpc) is 2.72. The molecular formula is C30H32. The van der Waals surface area contributed by atoms with Crippen LogP contribution in [-0.4, -0.2) is 0 Å². The van der Waals surface area contributed by atoms with E-state index < -0.39 is 0 Å². The summed E-state index contributed by atoms with van der Waals surface area (Å²) < 4.78 is 0. The Kier molecular flexibility index (Phi) is 5.06. The first-order valence-corrected chi connectivity index (χ1v) is 10.9. The van der Waals surface area contributed by atoms with E-state index in [2.05, 4.69) is 126 Å². The minimum Gasteiger partial charge on any atom is -0.0616 e. The fourth-order valence-corrected chi connectivity index (χ4v) is 4.11. The monoisotopic (exact) mass is 392 g/mol. The summed E-state index contributed by atoms with van der Waals surface area (Å²) in [4.78, 5) is 0. The zero-order chi connectivity index (χ0) is 21.5. The highest BCUT2D eigenvalue weighted by molar-refractivity contribution is 6.04. The Bertz CT molecular complexity index is 1160. The van der Waals surface area contributed by atoms with Gasteiger partial charge in [-0.15, -0.1) is 0 Å². The molecule has 0 aliphatic heterocycles. The van der Waals surface area contributed by atoms with Crippen LogP contribution in [-0.2, 0) is 10.8 Å². The standard InChI is InChI=1S/C30H32/c1-29(2,3)24-16-11-22(12-17-24)27-20-15-21-9-7-8-10-26(21)28(27)23-13-18-25(19-14-23)30(4,5)6/h7-20H,1-6H3. The summed E-state index contributed by atoms with van der Waals surface area (Å²) in [6.07, 6.45) is 0. The third-order valence-electron chi connectivity index (χ3n) is 6.03. The summed E-state index contributed by atoms with van der Waals surface area (Å²) in [5, 5.41) is 2.58. The molecule has 0 N–H and O–H groups in total. The van der Waals surface area contributed by atoms with Crippen LogP contribution >= 0.6 is 0 Å². The van der Waals surface area contributed by atoms with Gasteiger partial charge in [0.05, 0.1) is 0 Å². The molecule has 152 valence electrons. The van der Waals surface area contributed by atoms with Crippen molar-refractivity contribution < 1.29 is 0 Å². The number of hydrogen-bond acceptors (Lipinski definition) is 0. The van der Waals surface area contributed by atoms with E-state index in [9.17, 15) is 0 Å². The second-order valence-corrected chi connectivity index (χ2v) is 10.4. The lowest BCUT2D eigenvalue weighted by Crippen LogP contribution is -2.10. The largest absolute Gasteiger partial charge is 0.0616 e. The SMILES string of the molecule is CC(C)(C)c1ccc(-c2ccc3ccccc3c2-c2ccc(C(C)(C)C)cc2)cc1. The molecule has 0 heteroatoms. The lowest BCUT2D eigenvalue weighted by atomic mass is 9.83. The molecule has 0 heterocycles. The van der Waals surface area contributed by atoms with Gasteiger partial charge in [0.1, 0.15) is 0 Å². The molecule has 0 aliphatic rings. The van der Waals surface area contributed by atoms with Crippen LogP contribution in [0, 0.1) is 0 Å². The maximum Gasteiger partial charge on any atom is -0.00268 e. The van der Waals surface area contributed by atoms with E-state index in [1.165, 1.54) is 44.2 Å². The quantitative estimate of drug-likeness (QED) is 0.320. The predicted octanol–water partition coefficient (Wildman–Crippen LogP) is 8.77. The Balaban J connectivity index is 1.91. The van der Waals surface area contributed by atoms with Crippen molar-refractivity contribution in [3.63, 3.8) is 0 Å². The smallest absolute Gasteiger partial charge is 0.00268 e. The molecular weight excluding hydrogens is 360 g/mol. The Morgan fingerprint density at radius 1 is 0.467 bits per heavy atom. The first-order chi connectivity index (χ1) is 14.1.